The quantitative estimate of drug-likeness (QED) is 0.802. The third-order valence-electron chi connectivity index (χ3n) is 3.71. The first kappa shape index (κ1) is 16.2. The Morgan fingerprint density at radius 1 is 1.21 bits per heavy atom. The summed E-state index contributed by atoms with van der Waals surface area (Å²) in [4.78, 5) is 18.5. The summed E-state index contributed by atoms with van der Waals surface area (Å²) in [6.45, 7) is 12.0. The van der Waals surface area contributed by atoms with E-state index in [1.54, 1.807) is 4.90 Å². The van der Waals surface area contributed by atoms with E-state index in [1.165, 1.54) is 0 Å². The van der Waals surface area contributed by atoms with Crippen molar-refractivity contribution in [3.8, 4) is 0 Å². The molecule has 1 aliphatic heterocycles. The van der Waals surface area contributed by atoms with Crippen LogP contribution < -0.4 is 5.90 Å². The molecule has 0 radical (unpaired) electrons. The molecule has 1 heterocycles. The first-order chi connectivity index (χ1) is 8.65. The van der Waals surface area contributed by atoms with E-state index in [-0.39, 0.29) is 11.5 Å². The highest BCUT2D eigenvalue weighted by atomic mass is 16.6. The normalized spacial score (nSPS) is 18.5. The Hall–Kier alpha value is -0.810. The van der Waals surface area contributed by atoms with Gasteiger partial charge in [0.15, 0.2) is 0 Å². The Morgan fingerprint density at radius 2 is 1.74 bits per heavy atom. The second kappa shape index (κ2) is 6.09. The summed E-state index contributed by atoms with van der Waals surface area (Å²) in [5.74, 6) is 5.70. The summed E-state index contributed by atoms with van der Waals surface area (Å²) in [5.41, 5.74) is -0.380. The van der Waals surface area contributed by atoms with E-state index < -0.39 is 5.60 Å². The molecule has 5 heteroatoms. The zero-order chi connectivity index (χ0) is 14.7. The van der Waals surface area contributed by atoms with Crippen molar-refractivity contribution in [1.29, 1.82) is 0 Å². The number of nitrogens with two attached hydrogens (primary N) is 1. The van der Waals surface area contributed by atoms with Gasteiger partial charge in [-0.15, -0.1) is 0 Å². The third kappa shape index (κ3) is 4.99. The van der Waals surface area contributed by atoms with Gasteiger partial charge in [0.05, 0.1) is 6.61 Å². The lowest BCUT2D eigenvalue weighted by atomic mass is 9.74. The number of rotatable bonds is 3. The number of likely N-dealkylation sites (tertiary alicyclic amines) is 1. The van der Waals surface area contributed by atoms with Gasteiger partial charge in [-0.1, -0.05) is 13.8 Å². The van der Waals surface area contributed by atoms with Crippen LogP contribution in [0.5, 0.6) is 0 Å². The topological polar surface area (TPSA) is 64.8 Å². The van der Waals surface area contributed by atoms with E-state index in [1.807, 2.05) is 20.8 Å². The number of carbonyl (C=O) groups is 1. The molecule has 112 valence electrons. The maximum atomic E-state index is 12.0. The van der Waals surface area contributed by atoms with Gasteiger partial charge in [-0.2, -0.15) is 0 Å². The minimum Gasteiger partial charge on any atom is -0.444 e. The van der Waals surface area contributed by atoms with Gasteiger partial charge in [0.1, 0.15) is 5.60 Å². The lowest BCUT2D eigenvalue weighted by molar-refractivity contribution is -0.00880. The van der Waals surface area contributed by atoms with Gasteiger partial charge in [-0.3, -0.25) is 0 Å². The maximum absolute atomic E-state index is 12.0. The molecule has 1 amide bonds. The van der Waals surface area contributed by atoms with Gasteiger partial charge in [-0.05, 0) is 44.9 Å². The fourth-order valence-corrected chi connectivity index (χ4v) is 2.50. The molecule has 0 atom stereocenters. The minimum absolute atomic E-state index is 0.0504. The Morgan fingerprint density at radius 3 is 2.16 bits per heavy atom. The molecule has 0 aromatic heterocycles. The number of carbonyl (C=O) groups excluding carboxylic acids is 1. The van der Waals surface area contributed by atoms with E-state index >= 15 is 0 Å². The van der Waals surface area contributed by atoms with Gasteiger partial charge in [0.25, 0.3) is 0 Å². The zero-order valence-corrected chi connectivity index (χ0v) is 12.9. The predicted octanol–water partition coefficient (Wildman–Crippen LogP) is 2.55. The highest BCUT2D eigenvalue weighted by Gasteiger charge is 2.34. The molecule has 1 aliphatic rings. The first-order valence-corrected chi connectivity index (χ1v) is 6.95. The standard InChI is InChI=1S/C14H28N2O3/c1-13(2,3)19-12(17)16-8-6-11(7-9-16)14(4,5)10-18-15/h11H,6-10,15H2,1-5H3. The monoisotopic (exact) mass is 272 g/mol. The van der Waals surface area contributed by atoms with Crippen LogP contribution in [0.4, 0.5) is 4.79 Å². The van der Waals surface area contributed by atoms with Crippen LogP contribution in [-0.2, 0) is 9.57 Å². The van der Waals surface area contributed by atoms with E-state index in [0.29, 0.717) is 12.5 Å². The number of amides is 1. The summed E-state index contributed by atoms with van der Waals surface area (Å²) in [6, 6.07) is 0. The fraction of sp³-hybridized carbons (Fsp3) is 0.929. The van der Waals surface area contributed by atoms with Crippen molar-refractivity contribution in [2.45, 2.75) is 53.1 Å². The number of nitrogens with zero attached hydrogens (tertiary/aromatic N) is 1. The second-order valence-corrected chi connectivity index (χ2v) is 7.04. The average molecular weight is 272 g/mol. The summed E-state index contributed by atoms with van der Waals surface area (Å²) < 4.78 is 5.39. The van der Waals surface area contributed by atoms with Crippen molar-refractivity contribution < 1.29 is 14.4 Å². The Bertz CT molecular complexity index is 302. The van der Waals surface area contributed by atoms with E-state index in [0.717, 1.165) is 25.9 Å². The van der Waals surface area contributed by atoms with Crippen LogP contribution in [0.1, 0.15) is 47.5 Å². The van der Waals surface area contributed by atoms with Gasteiger partial charge in [0.2, 0.25) is 0 Å². The average Bonchev–Trinajstić information content (AvgIpc) is 2.27. The summed E-state index contributed by atoms with van der Waals surface area (Å²) in [5, 5.41) is 0. The number of hydrogen-bond acceptors (Lipinski definition) is 4. The number of hydrogen-bond donors (Lipinski definition) is 1. The molecule has 1 fully saturated rings. The largest absolute Gasteiger partial charge is 0.444 e. The Kier molecular flexibility index (Phi) is 5.21. The predicted molar refractivity (Wildman–Crippen MR) is 74.5 cm³/mol. The molecule has 0 bridgehead atoms. The number of piperidine rings is 1. The third-order valence-corrected chi connectivity index (χ3v) is 3.71. The van der Waals surface area contributed by atoms with Crippen molar-refractivity contribution in [1.82, 2.24) is 4.90 Å². The van der Waals surface area contributed by atoms with Crippen molar-refractivity contribution in [3.05, 3.63) is 0 Å². The van der Waals surface area contributed by atoms with Gasteiger partial charge in [-0.25, -0.2) is 10.7 Å². The van der Waals surface area contributed by atoms with E-state index in [2.05, 4.69) is 13.8 Å². The highest BCUT2D eigenvalue weighted by molar-refractivity contribution is 5.68. The maximum Gasteiger partial charge on any atom is 0.410 e. The van der Waals surface area contributed by atoms with E-state index in [4.69, 9.17) is 15.5 Å². The van der Waals surface area contributed by atoms with Crippen LogP contribution in [0.2, 0.25) is 0 Å². The molecule has 2 N–H and O–H groups in total. The van der Waals surface area contributed by atoms with Crippen molar-refractivity contribution in [3.63, 3.8) is 0 Å². The van der Waals surface area contributed by atoms with Crippen LogP contribution in [-0.4, -0.2) is 36.3 Å². The molecule has 1 rings (SSSR count). The summed E-state index contributed by atoms with van der Waals surface area (Å²) in [7, 11) is 0. The molecule has 0 spiro atoms. The lowest BCUT2D eigenvalue weighted by Gasteiger charge is -2.40. The summed E-state index contributed by atoms with van der Waals surface area (Å²) >= 11 is 0. The van der Waals surface area contributed by atoms with Crippen LogP contribution in [0.15, 0.2) is 0 Å². The van der Waals surface area contributed by atoms with Crippen molar-refractivity contribution in [2.24, 2.45) is 17.2 Å². The molecule has 5 nitrogen and oxygen atoms in total. The molecule has 0 aromatic rings. The van der Waals surface area contributed by atoms with Crippen molar-refractivity contribution in [2.75, 3.05) is 19.7 Å². The Balaban J connectivity index is 2.47. The smallest absolute Gasteiger partial charge is 0.410 e. The second-order valence-electron chi connectivity index (χ2n) is 7.04. The van der Waals surface area contributed by atoms with Gasteiger partial charge >= 0.3 is 6.09 Å². The fourth-order valence-electron chi connectivity index (χ4n) is 2.50. The van der Waals surface area contributed by atoms with Crippen LogP contribution >= 0.6 is 0 Å². The van der Waals surface area contributed by atoms with Crippen LogP contribution in [0.25, 0.3) is 0 Å². The SMILES string of the molecule is CC(C)(C)OC(=O)N1CCC(C(C)(C)CON)CC1. The Labute approximate surface area is 116 Å². The van der Waals surface area contributed by atoms with Crippen LogP contribution in [0, 0.1) is 11.3 Å². The molecule has 1 saturated heterocycles. The van der Waals surface area contributed by atoms with E-state index in [9.17, 15) is 4.79 Å². The molecular weight excluding hydrogens is 244 g/mol. The zero-order valence-electron chi connectivity index (χ0n) is 12.9. The van der Waals surface area contributed by atoms with Gasteiger partial charge < -0.3 is 14.5 Å². The molecule has 0 aliphatic carbocycles. The van der Waals surface area contributed by atoms with Crippen molar-refractivity contribution >= 4 is 6.09 Å². The van der Waals surface area contributed by atoms with Crippen LogP contribution in [0.3, 0.4) is 0 Å². The first-order valence-electron chi connectivity index (χ1n) is 6.95. The molecule has 0 aromatic carbocycles. The summed E-state index contributed by atoms with van der Waals surface area (Å²) in [6.07, 6.45) is 1.73. The highest BCUT2D eigenvalue weighted by Crippen LogP contribution is 2.35. The minimum atomic E-state index is -0.430. The molecule has 0 unspecified atom stereocenters. The number of ether oxygens (including phenoxy) is 1. The lowest BCUT2D eigenvalue weighted by Crippen LogP contribution is -2.45. The molecule has 0 saturated carbocycles. The van der Waals surface area contributed by atoms with Gasteiger partial charge in [0, 0.05) is 13.1 Å². The molecular formula is C14H28N2O3. The molecule has 19 heavy (non-hydrogen) atoms.